The van der Waals surface area contributed by atoms with Crippen LogP contribution in [0.2, 0.25) is 0 Å². The zero-order valence-electron chi connectivity index (χ0n) is 8.81. The molecule has 0 unspecified atom stereocenters. The third-order valence-corrected chi connectivity index (χ3v) is 1.90. The molecular weight excluding hydrogens is 231 g/mol. The lowest BCUT2D eigenvalue weighted by atomic mass is 10.2. The summed E-state index contributed by atoms with van der Waals surface area (Å²) in [6.45, 7) is 1.39. The van der Waals surface area contributed by atoms with Crippen LogP contribution in [0.5, 0.6) is 5.75 Å². The summed E-state index contributed by atoms with van der Waals surface area (Å²) in [7, 11) is 0. The second-order valence-electron chi connectivity index (χ2n) is 3.12. The molecule has 0 saturated heterocycles. The molecule has 1 aromatic carbocycles. The molecule has 0 aliphatic rings. The van der Waals surface area contributed by atoms with Crippen molar-refractivity contribution >= 4 is 11.9 Å². The van der Waals surface area contributed by atoms with Crippen molar-refractivity contribution in [3.63, 3.8) is 0 Å². The molecule has 1 aromatic rings. The van der Waals surface area contributed by atoms with Crippen LogP contribution >= 0.6 is 0 Å². The number of halogens is 1. The molecule has 1 rings (SSSR count). The summed E-state index contributed by atoms with van der Waals surface area (Å²) in [5.74, 6) is -4.40. The van der Waals surface area contributed by atoms with Gasteiger partial charge in [-0.15, -0.1) is 0 Å². The number of hydrogen-bond acceptors (Lipinski definition) is 3. The van der Waals surface area contributed by atoms with Gasteiger partial charge in [0.25, 0.3) is 0 Å². The van der Waals surface area contributed by atoms with Gasteiger partial charge in [-0.3, -0.25) is 0 Å². The van der Waals surface area contributed by atoms with Gasteiger partial charge in [-0.2, -0.15) is 0 Å². The van der Waals surface area contributed by atoms with Crippen molar-refractivity contribution in [1.82, 2.24) is 0 Å². The van der Waals surface area contributed by atoms with Crippen LogP contribution in [-0.4, -0.2) is 22.2 Å². The van der Waals surface area contributed by atoms with Gasteiger partial charge in [-0.05, 0) is 19.1 Å². The highest BCUT2D eigenvalue weighted by Crippen LogP contribution is 2.22. The SMILES string of the molecule is Cc1c(F)cccc1O/C(=C/C(=O)O)C(=O)O. The number of carbonyl (C=O) groups is 2. The quantitative estimate of drug-likeness (QED) is 0.616. The summed E-state index contributed by atoms with van der Waals surface area (Å²) in [6.07, 6.45) is 0.396. The third kappa shape index (κ3) is 3.30. The highest BCUT2D eigenvalue weighted by molar-refractivity contribution is 5.93. The topological polar surface area (TPSA) is 83.8 Å². The second-order valence-corrected chi connectivity index (χ2v) is 3.12. The first-order valence-corrected chi connectivity index (χ1v) is 4.52. The van der Waals surface area contributed by atoms with E-state index in [1.54, 1.807) is 0 Å². The highest BCUT2D eigenvalue weighted by atomic mass is 19.1. The van der Waals surface area contributed by atoms with E-state index in [4.69, 9.17) is 14.9 Å². The highest BCUT2D eigenvalue weighted by Gasteiger charge is 2.14. The summed E-state index contributed by atoms with van der Waals surface area (Å²) in [4.78, 5) is 21.0. The van der Waals surface area contributed by atoms with Gasteiger partial charge in [0.1, 0.15) is 11.6 Å². The summed E-state index contributed by atoms with van der Waals surface area (Å²) in [6, 6.07) is 3.86. The molecule has 0 radical (unpaired) electrons. The Balaban J connectivity index is 3.07. The predicted molar refractivity (Wildman–Crippen MR) is 55.1 cm³/mol. The predicted octanol–water partition coefficient (Wildman–Crippen LogP) is 1.57. The van der Waals surface area contributed by atoms with Gasteiger partial charge in [-0.25, -0.2) is 14.0 Å². The average molecular weight is 240 g/mol. The molecule has 0 atom stereocenters. The lowest BCUT2D eigenvalue weighted by Crippen LogP contribution is -2.11. The Morgan fingerprint density at radius 3 is 2.53 bits per heavy atom. The maximum atomic E-state index is 13.1. The van der Waals surface area contributed by atoms with E-state index < -0.39 is 23.5 Å². The van der Waals surface area contributed by atoms with Crippen LogP contribution in [0.3, 0.4) is 0 Å². The van der Waals surface area contributed by atoms with Gasteiger partial charge in [0.05, 0.1) is 6.08 Å². The van der Waals surface area contributed by atoms with Crippen LogP contribution in [0.15, 0.2) is 30.0 Å². The first-order chi connectivity index (χ1) is 7.91. The van der Waals surface area contributed by atoms with E-state index in [0.29, 0.717) is 6.08 Å². The lowest BCUT2D eigenvalue weighted by Gasteiger charge is -2.08. The van der Waals surface area contributed by atoms with Crippen molar-refractivity contribution < 1.29 is 28.9 Å². The minimum atomic E-state index is -1.55. The van der Waals surface area contributed by atoms with Crippen LogP contribution in [0.25, 0.3) is 0 Å². The first-order valence-electron chi connectivity index (χ1n) is 4.52. The molecule has 0 aromatic heterocycles. The first kappa shape index (κ1) is 12.7. The normalized spacial score (nSPS) is 11.1. The summed E-state index contributed by atoms with van der Waals surface area (Å²) in [5.41, 5.74) is 0.102. The molecule has 0 fully saturated rings. The van der Waals surface area contributed by atoms with E-state index in [1.165, 1.54) is 25.1 Å². The van der Waals surface area contributed by atoms with Crippen molar-refractivity contribution in [3.8, 4) is 5.75 Å². The molecule has 0 aliphatic heterocycles. The largest absolute Gasteiger partial charge is 0.478 e. The van der Waals surface area contributed by atoms with Crippen LogP contribution in [0.1, 0.15) is 5.56 Å². The summed E-state index contributed by atoms with van der Waals surface area (Å²) >= 11 is 0. The summed E-state index contributed by atoms with van der Waals surface area (Å²) < 4.78 is 18.0. The molecule has 17 heavy (non-hydrogen) atoms. The minimum absolute atomic E-state index is 0.0418. The van der Waals surface area contributed by atoms with E-state index in [1.807, 2.05) is 0 Å². The Morgan fingerprint density at radius 1 is 1.35 bits per heavy atom. The van der Waals surface area contributed by atoms with Crippen LogP contribution in [0.4, 0.5) is 4.39 Å². The van der Waals surface area contributed by atoms with Gasteiger partial charge >= 0.3 is 11.9 Å². The van der Waals surface area contributed by atoms with E-state index in [2.05, 4.69) is 0 Å². The Morgan fingerprint density at radius 2 is 2.00 bits per heavy atom. The fourth-order valence-corrected chi connectivity index (χ4v) is 1.06. The zero-order chi connectivity index (χ0) is 13.0. The fraction of sp³-hybridized carbons (Fsp3) is 0.0909. The van der Waals surface area contributed by atoms with Crippen LogP contribution in [0, 0.1) is 12.7 Å². The van der Waals surface area contributed by atoms with E-state index >= 15 is 0 Å². The second kappa shape index (κ2) is 5.11. The van der Waals surface area contributed by atoms with Crippen molar-refractivity contribution in [2.45, 2.75) is 6.92 Å². The Labute approximate surface area is 95.8 Å². The standard InChI is InChI=1S/C11H9FO5/c1-6-7(12)3-2-4-8(6)17-9(11(15)16)5-10(13)14/h2-5H,1H3,(H,13,14)(H,15,16)/b9-5+. The number of carboxylic acids is 2. The van der Waals surface area contributed by atoms with Gasteiger partial charge in [0.2, 0.25) is 5.76 Å². The molecule has 0 bridgehead atoms. The molecule has 5 nitrogen and oxygen atoms in total. The summed E-state index contributed by atoms with van der Waals surface area (Å²) in [5, 5.41) is 17.1. The fourth-order valence-electron chi connectivity index (χ4n) is 1.06. The third-order valence-electron chi connectivity index (χ3n) is 1.90. The van der Waals surface area contributed by atoms with Gasteiger partial charge in [0.15, 0.2) is 0 Å². The Bertz CT molecular complexity index is 493. The molecule has 0 heterocycles. The van der Waals surface area contributed by atoms with Crippen molar-refractivity contribution in [2.75, 3.05) is 0 Å². The molecule has 0 aliphatic carbocycles. The number of hydrogen-bond donors (Lipinski definition) is 2. The van der Waals surface area contributed by atoms with Gasteiger partial charge < -0.3 is 14.9 Å². The molecular formula is C11H9FO5. The number of benzene rings is 1. The number of ether oxygens (including phenoxy) is 1. The molecule has 2 N–H and O–H groups in total. The minimum Gasteiger partial charge on any atom is -0.478 e. The smallest absolute Gasteiger partial charge is 0.372 e. The van der Waals surface area contributed by atoms with Gasteiger partial charge in [0, 0.05) is 5.56 Å². The van der Waals surface area contributed by atoms with Crippen molar-refractivity contribution in [3.05, 3.63) is 41.4 Å². The molecule has 0 saturated carbocycles. The van der Waals surface area contributed by atoms with E-state index in [9.17, 15) is 14.0 Å². The molecule has 0 amide bonds. The molecule has 90 valence electrons. The average Bonchev–Trinajstić information content (AvgIpc) is 2.22. The molecule has 0 spiro atoms. The maximum absolute atomic E-state index is 13.1. The maximum Gasteiger partial charge on any atom is 0.372 e. The number of aliphatic carboxylic acids is 2. The van der Waals surface area contributed by atoms with Crippen molar-refractivity contribution in [2.24, 2.45) is 0 Å². The zero-order valence-corrected chi connectivity index (χ0v) is 8.81. The number of carboxylic acid groups (broad SMARTS) is 2. The van der Waals surface area contributed by atoms with Crippen LogP contribution in [-0.2, 0) is 9.59 Å². The number of rotatable bonds is 4. The lowest BCUT2D eigenvalue weighted by molar-refractivity contribution is -0.137. The Hall–Kier alpha value is -2.37. The van der Waals surface area contributed by atoms with E-state index in [-0.39, 0.29) is 11.3 Å². The van der Waals surface area contributed by atoms with Gasteiger partial charge in [-0.1, -0.05) is 6.07 Å². The van der Waals surface area contributed by atoms with E-state index in [0.717, 1.165) is 0 Å². The molecule has 6 heteroatoms. The monoisotopic (exact) mass is 240 g/mol. The van der Waals surface area contributed by atoms with Crippen molar-refractivity contribution in [1.29, 1.82) is 0 Å². The van der Waals surface area contributed by atoms with Crippen LogP contribution < -0.4 is 4.74 Å². The Kier molecular flexibility index (Phi) is 3.82.